The van der Waals surface area contributed by atoms with E-state index >= 15 is 0 Å². The van der Waals surface area contributed by atoms with Crippen molar-refractivity contribution in [1.82, 2.24) is 0 Å². The first kappa shape index (κ1) is 13.0. The van der Waals surface area contributed by atoms with Gasteiger partial charge in [0.2, 0.25) is 0 Å². The molecule has 58 valence electrons. The van der Waals surface area contributed by atoms with Gasteiger partial charge < -0.3 is 0 Å². The second-order valence-electron chi connectivity index (χ2n) is 1.67. The molecular formula is C10H12Cr. The fraction of sp³-hybridized carbons (Fsp3) is 0.100. The van der Waals surface area contributed by atoms with Crippen LogP contribution in [0.5, 0.6) is 0 Å². The van der Waals surface area contributed by atoms with Gasteiger partial charge in [0.05, 0.1) is 0 Å². The van der Waals surface area contributed by atoms with Crippen LogP contribution >= 0.6 is 0 Å². The number of hydrogen-bond donors (Lipinski definition) is 0. The SMILES string of the molecule is C=CC=C[CH2-].[C-]1=CC=CC1.[Cr+2]. The summed E-state index contributed by atoms with van der Waals surface area (Å²) in [5.41, 5.74) is 0. The molecule has 0 unspecified atom stereocenters. The van der Waals surface area contributed by atoms with Gasteiger partial charge in [0.15, 0.2) is 0 Å². The smallest absolute Gasteiger partial charge is 0.273 e. The van der Waals surface area contributed by atoms with E-state index in [0.717, 1.165) is 6.42 Å². The summed E-state index contributed by atoms with van der Waals surface area (Å²) < 4.78 is 0. The van der Waals surface area contributed by atoms with Crippen molar-refractivity contribution in [3.63, 3.8) is 0 Å². The Labute approximate surface area is 80.1 Å². The number of allylic oxidation sites excluding steroid dienone is 7. The van der Waals surface area contributed by atoms with Gasteiger partial charge in [0, 0.05) is 0 Å². The molecule has 0 amide bonds. The zero-order valence-corrected chi connectivity index (χ0v) is 7.77. The number of rotatable bonds is 1. The normalized spacial score (nSPS) is 12.0. The average Bonchev–Trinajstić information content (AvgIpc) is 2.44. The summed E-state index contributed by atoms with van der Waals surface area (Å²) in [6.45, 7) is 6.85. The fourth-order valence-electron chi connectivity index (χ4n) is 0.436. The van der Waals surface area contributed by atoms with Gasteiger partial charge in [-0.25, -0.2) is 31.2 Å². The number of hydrogen-bond acceptors (Lipinski definition) is 0. The zero-order valence-electron chi connectivity index (χ0n) is 6.49. The summed E-state index contributed by atoms with van der Waals surface area (Å²) in [6.07, 6.45) is 15.2. The van der Waals surface area contributed by atoms with E-state index in [-0.39, 0.29) is 17.4 Å². The molecule has 0 aromatic carbocycles. The largest absolute Gasteiger partial charge is 2.00 e. The molecular weight excluding hydrogens is 172 g/mol. The van der Waals surface area contributed by atoms with Crippen molar-refractivity contribution in [3.05, 3.63) is 56.0 Å². The molecule has 1 heteroatoms. The molecule has 0 N–H and O–H groups in total. The van der Waals surface area contributed by atoms with Gasteiger partial charge >= 0.3 is 17.4 Å². The van der Waals surface area contributed by atoms with E-state index in [9.17, 15) is 0 Å². The minimum atomic E-state index is 0. The average molecular weight is 184 g/mol. The van der Waals surface area contributed by atoms with Crippen molar-refractivity contribution < 1.29 is 17.4 Å². The summed E-state index contributed by atoms with van der Waals surface area (Å²) in [6, 6.07) is 0. The first-order chi connectivity index (χ1) is 4.91. The molecule has 0 aromatic heterocycles. The van der Waals surface area contributed by atoms with E-state index in [0.29, 0.717) is 0 Å². The third-order valence-electron chi connectivity index (χ3n) is 0.858. The van der Waals surface area contributed by atoms with Crippen molar-refractivity contribution >= 4 is 0 Å². The van der Waals surface area contributed by atoms with Crippen LogP contribution in [0.1, 0.15) is 6.42 Å². The molecule has 1 rings (SSSR count). The fourth-order valence-corrected chi connectivity index (χ4v) is 0.436. The van der Waals surface area contributed by atoms with Crippen molar-refractivity contribution in [2.75, 3.05) is 0 Å². The Hall–Kier alpha value is -0.638. The van der Waals surface area contributed by atoms with Crippen molar-refractivity contribution in [3.8, 4) is 0 Å². The van der Waals surface area contributed by atoms with E-state index in [1.54, 1.807) is 18.2 Å². The topological polar surface area (TPSA) is 0 Å². The summed E-state index contributed by atoms with van der Waals surface area (Å²) in [4.78, 5) is 0. The molecule has 11 heavy (non-hydrogen) atoms. The molecule has 0 spiro atoms. The maximum atomic E-state index is 3.42. The Morgan fingerprint density at radius 3 is 2.36 bits per heavy atom. The second kappa shape index (κ2) is 12.1. The molecule has 0 nitrogen and oxygen atoms in total. The van der Waals surface area contributed by atoms with Crippen LogP contribution in [0.15, 0.2) is 43.0 Å². The summed E-state index contributed by atoms with van der Waals surface area (Å²) >= 11 is 0. The Balaban J connectivity index is 0. The van der Waals surface area contributed by atoms with E-state index < -0.39 is 0 Å². The Morgan fingerprint density at radius 1 is 1.55 bits per heavy atom. The van der Waals surface area contributed by atoms with Crippen LogP contribution in [-0.4, -0.2) is 0 Å². The molecule has 0 heterocycles. The van der Waals surface area contributed by atoms with Gasteiger partial charge in [-0.1, -0.05) is 0 Å². The Bertz CT molecular complexity index is 140. The van der Waals surface area contributed by atoms with Gasteiger partial charge in [0.1, 0.15) is 0 Å². The summed E-state index contributed by atoms with van der Waals surface area (Å²) in [7, 11) is 0. The van der Waals surface area contributed by atoms with Crippen LogP contribution in [-0.2, 0) is 17.4 Å². The third kappa shape index (κ3) is 12.5. The summed E-state index contributed by atoms with van der Waals surface area (Å²) in [5, 5.41) is 0. The van der Waals surface area contributed by atoms with E-state index in [2.05, 4.69) is 25.7 Å². The molecule has 0 saturated carbocycles. The van der Waals surface area contributed by atoms with Gasteiger partial charge in [-0.3, -0.25) is 6.08 Å². The Kier molecular flexibility index (Phi) is 14.3. The molecule has 0 bridgehead atoms. The minimum absolute atomic E-state index is 0. The van der Waals surface area contributed by atoms with Gasteiger partial charge in [-0.05, 0) is 0 Å². The maximum absolute atomic E-state index is 3.42. The Morgan fingerprint density at radius 2 is 2.27 bits per heavy atom. The maximum Gasteiger partial charge on any atom is 2.00 e. The quantitative estimate of drug-likeness (QED) is 0.434. The van der Waals surface area contributed by atoms with Gasteiger partial charge in [0.25, 0.3) is 0 Å². The zero-order chi connectivity index (χ0) is 7.66. The molecule has 0 saturated heterocycles. The molecule has 0 fully saturated rings. The van der Waals surface area contributed by atoms with E-state index in [4.69, 9.17) is 0 Å². The monoisotopic (exact) mass is 184 g/mol. The predicted molar refractivity (Wildman–Crippen MR) is 46.3 cm³/mol. The van der Waals surface area contributed by atoms with Crippen LogP contribution in [0.4, 0.5) is 0 Å². The van der Waals surface area contributed by atoms with Crippen LogP contribution in [0, 0.1) is 13.0 Å². The molecule has 0 radical (unpaired) electrons. The molecule has 0 atom stereocenters. The standard InChI is InChI=1S/C5H5.C5H7.Cr/c1-2-4-5-3-1;1-3-5-4-2;/h1-3H,4H2;3-5H,1-2H2;/q2*-1;+2. The molecule has 0 aromatic rings. The van der Waals surface area contributed by atoms with Gasteiger partial charge in [-0.2, -0.15) is 12.2 Å². The molecule has 1 aliphatic rings. The van der Waals surface area contributed by atoms with Crippen LogP contribution in [0.25, 0.3) is 0 Å². The minimum Gasteiger partial charge on any atom is -0.273 e. The van der Waals surface area contributed by atoms with Crippen LogP contribution in [0.3, 0.4) is 0 Å². The van der Waals surface area contributed by atoms with Crippen molar-refractivity contribution in [2.24, 2.45) is 0 Å². The molecule has 1 aliphatic carbocycles. The third-order valence-corrected chi connectivity index (χ3v) is 0.858. The van der Waals surface area contributed by atoms with E-state index in [1.807, 2.05) is 12.2 Å². The second-order valence-corrected chi connectivity index (χ2v) is 1.67. The molecule has 0 aliphatic heterocycles. The first-order valence-electron chi connectivity index (χ1n) is 3.20. The van der Waals surface area contributed by atoms with Crippen LogP contribution < -0.4 is 0 Å². The summed E-state index contributed by atoms with van der Waals surface area (Å²) in [5.74, 6) is 0. The van der Waals surface area contributed by atoms with E-state index in [1.165, 1.54) is 0 Å². The van der Waals surface area contributed by atoms with Crippen molar-refractivity contribution in [2.45, 2.75) is 6.42 Å². The van der Waals surface area contributed by atoms with Crippen LogP contribution in [0.2, 0.25) is 0 Å². The van der Waals surface area contributed by atoms with Gasteiger partial charge in [-0.15, -0.1) is 13.0 Å². The predicted octanol–water partition coefficient (Wildman–Crippen LogP) is 2.87. The first-order valence-corrected chi connectivity index (χ1v) is 3.20. The van der Waals surface area contributed by atoms with Crippen molar-refractivity contribution in [1.29, 1.82) is 0 Å².